The lowest BCUT2D eigenvalue weighted by molar-refractivity contribution is 0.167. The number of hydrogen-bond donors (Lipinski definition) is 8. The first-order chi connectivity index (χ1) is 20.7. The molecule has 6 aromatic rings. The van der Waals surface area contributed by atoms with Gasteiger partial charge in [-0.2, -0.15) is 28.7 Å². The molecule has 19 nitrogen and oxygen atoms in total. The highest BCUT2D eigenvalue weighted by atomic mass is 19.1. The number of aliphatic imine (C=N–C) groups is 1. The van der Waals surface area contributed by atoms with Crippen molar-refractivity contribution in [3.63, 3.8) is 0 Å². The number of anilines is 2. The topological polar surface area (TPSA) is 297 Å². The third kappa shape index (κ3) is 7.55. The fourth-order valence-electron chi connectivity index (χ4n) is 3.36. The molecule has 1 atom stereocenters. The summed E-state index contributed by atoms with van der Waals surface area (Å²) >= 11 is 0. The van der Waals surface area contributed by atoms with Gasteiger partial charge in [-0.1, -0.05) is 0 Å². The van der Waals surface area contributed by atoms with E-state index < -0.39 is 29.2 Å². The Labute approximate surface area is 237 Å². The lowest BCUT2D eigenvalue weighted by Crippen LogP contribution is -2.23. The molecule has 7 heterocycles. The van der Waals surface area contributed by atoms with Crippen LogP contribution >= 0.6 is 0 Å². The molecule has 1 aliphatic rings. The zero-order valence-corrected chi connectivity index (χ0v) is 22.0. The summed E-state index contributed by atoms with van der Waals surface area (Å²) in [5, 5.41) is 9.48. The van der Waals surface area contributed by atoms with Crippen molar-refractivity contribution in [2.75, 3.05) is 18.6 Å². The van der Waals surface area contributed by atoms with Gasteiger partial charge < -0.3 is 41.2 Å². The standard InChI is InChI=1S/C7H9N3O.C6H7N5O.C5H4FN5.C4H3FN2O2/c11-5-2-1-3-8-7-6(5)9-4-10-7;1-12-5-3-4(9-2-8-3)10-6(7)11-5;6-5-10-3(7)2-4(11-5)9-1-8-2;5-2-1-6-4(9)7-3(2)8/h3-5,11H,1-2H2,(H,9,10);2H,1H3,(H3,7,8,9,10,11);1H,(H3,7,8,9,10,11);1H,(H2,6,7,8,9)/t5-;;;/m1.../s1. The summed E-state index contributed by atoms with van der Waals surface area (Å²) in [6.45, 7) is 0. The maximum atomic E-state index is 12.4. The summed E-state index contributed by atoms with van der Waals surface area (Å²) in [4.78, 5) is 62.5. The van der Waals surface area contributed by atoms with Crippen LogP contribution in [0.3, 0.4) is 0 Å². The largest absolute Gasteiger partial charge is 0.479 e. The molecular weight excluding hydrogens is 576 g/mol. The van der Waals surface area contributed by atoms with Gasteiger partial charge in [-0.25, -0.2) is 24.7 Å². The van der Waals surface area contributed by atoms with E-state index in [9.17, 15) is 23.5 Å². The van der Waals surface area contributed by atoms with Crippen molar-refractivity contribution in [1.82, 2.24) is 59.8 Å². The minimum atomic E-state index is -1.00. The molecule has 0 amide bonds. The average Bonchev–Trinajstić information content (AvgIpc) is 3.73. The average molecular weight is 600 g/mol. The minimum absolute atomic E-state index is 0.0741. The molecule has 0 saturated heterocycles. The number of aliphatic hydroxyl groups excluding tert-OH is 1. The number of aromatic nitrogens is 12. The first-order valence-corrected chi connectivity index (χ1v) is 12.0. The van der Waals surface area contributed by atoms with Gasteiger partial charge >= 0.3 is 11.8 Å². The molecule has 0 aliphatic carbocycles. The zero-order chi connectivity index (χ0) is 30.9. The van der Waals surface area contributed by atoms with Crippen molar-refractivity contribution in [3.05, 3.63) is 63.6 Å². The van der Waals surface area contributed by atoms with Crippen LogP contribution in [0, 0.1) is 11.9 Å². The van der Waals surface area contributed by atoms with Gasteiger partial charge in [-0.15, -0.1) is 0 Å². The number of H-pyrrole nitrogens is 5. The maximum absolute atomic E-state index is 12.4. The monoisotopic (exact) mass is 599 g/mol. The number of nitrogen functional groups attached to an aromatic ring is 2. The van der Waals surface area contributed by atoms with E-state index in [1.165, 1.54) is 19.8 Å². The van der Waals surface area contributed by atoms with E-state index >= 15 is 0 Å². The van der Waals surface area contributed by atoms with Gasteiger partial charge in [0.2, 0.25) is 17.6 Å². The Bertz CT molecular complexity index is 1960. The van der Waals surface area contributed by atoms with E-state index in [0.29, 0.717) is 34.6 Å². The predicted molar refractivity (Wildman–Crippen MR) is 147 cm³/mol. The highest BCUT2D eigenvalue weighted by Gasteiger charge is 2.15. The van der Waals surface area contributed by atoms with E-state index in [2.05, 4.69) is 54.8 Å². The molecule has 0 fully saturated rings. The molecule has 224 valence electrons. The van der Waals surface area contributed by atoms with Gasteiger partial charge in [-0.05, 0) is 12.8 Å². The second-order valence-corrected chi connectivity index (χ2v) is 8.14. The molecule has 43 heavy (non-hydrogen) atoms. The number of halogens is 2. The zero-order valence-electron chi connectivity index (χ0n) is 22.0. The van der Waals surface area contributed by atoms with Crippen LogP contribution in [0.2, 0.25) is 0 Å². The van der Waals surface area contributed by atoms with Crippen LogP contribution in [0.4, 0.5) is 26.4 Å². The normalized spacial score (nSPS) is 13.4. The quantitative estimate of drug-likeness (QED) is 0.117. The van der Waals surface area contributed by atoms with Crippen LogP contribution in [-0.4, -0.2) is 78.2 Å². The van der Waals surface area contributed by atoms with Crippen molar-refractivity contribution in [2.45, 2.75) is 18.9 Å². The first-order valence-electron chi connectivity index (χ1n) is 12.0. The Morgan fingerprint density at radius 3 is 2.33 bits per heavy atom. The molecule has 6 aromatic heterocycles. The van der Waals surface area contributed by atoms with Crippen molar-refractivity contribution >= 4 is 46.1 Å². The van der Waals surface area contributed by atoms with Crippen LogP contribution < -0.4 is 27.5 Å². The number of nitrogens with zero attached hydrogens (tertiary/aromatic N) is 8. The van der Waals surface area contributed by atoms with Gasteiger partial charge in [-0.3, -0.25) is 9.78 Å². The van der Waals surface area contributed by atoms with Crippen LogP contribution in [0.25, 0.3) is 22.3 Å². The first kappa shape index (κ1) is 29.9. The van der Waals surface area contributed by atoms with E-state index in [1.807, 2.05) is 4.98 Å². The Balaban J connectivity index is 0.000000132. The lowest BCUT2D eigenvalue weighted by atomic mass is 10.2. The summed E-state index contributed by atoms with van der Waals surface area (Å²) in [7, 11) is 1.52. The number of aliphatic hydroxyl groups is 1. The summed E-state index contributed by atoms with van der Waals surface area (Å²) in [6, 6.07) is 0. The molecule has 10 N–H and O–H groups in total. The molecule has 0 spiro atoms. The number of nitrogens with one attached hydrogen (secondary N) is 5. The molecule has 0 unspecified atom stereocenters. The number of aromatic amines is 5. The third-order valence-electron chi connectivity index (χ3n) is 5.29. The van der Waals surface area contributed by atoms with Gasteiger partial charge in [0.25, 0.3) is 5.56 Å². The van der Waals surface area contributed by atoms with Gasteiger partial charge in [0, 0.05) is 12.4 Å². The molecule has 21 heteroatoms. The van der Waals surface area contributed by atoms with Gasteiger partial charge in [0.15, 0.2) is 22.9 Å². The second-order valence-electron chi connectivity index (χ2n) is 8.14. The number of methoxy groups -OCH3 is 1. The van der Waals surface area contributed by atoms with Crippen molar-refractivity contribution in [1.29, 1.82) is 0 Å². The summed E-state index contributed by atoms with van der Waals surface area (Å²) < 4.78 is 29.4. The molecule has 0 radical (unpaired) electrons. The Morgan fingerprint density at radius 1 is 0.930 bits per heavy atom. The maximum Gasteiger partial charge on any atom is 0.325 e. The molecular formula is C22H23F2N15O4. The highest BCUT2D eigenvalue weighted by molar-refractivity contribution is 5.80. The van der Waals surface area contributed by atoms with Crippen molar-refractivity contribution < 1.29 is 18.6 Å². The van der Waals surface area contributed by atoms with E-state index in [1.54, 1.807) is 17.5 Å². The van der Waals surface area contributed by atoms with Gasteiger partial charge in [0.05, 0.1) is 37.9 Å². The summed E-state index contributed by atoms with van der Waals surface area (Å²) in [6.07, 6.45) is 7.19. The molecule has 1 aliphatic heterocycles. The fourth-order valence-corrected chi connectivity index (χ4v) is 3.36. The number of rotatable bonds is 1. The SMILES string of the molecule is COc1nc(N)nc2nc[nH]c12.Nc1nc(F)nc2nc[nH]c12.O=c1[nH]cc(F)c(=O)[nH]1.O[C@@H]1CCC=Nc2nc[nH]c21. The summed E-state index contributed by atoms with van der Waals surface area (Å²) in [5.74, 6) is 0.274. The van der Waals surface area contributed by atoms with E-state index in [0.717, 1.165) is 18.5 Å². The molecule has 0 saturated carbocycles. The molecule has 0 aromatic carbocycles. The van der Waals surface area contributed by atoms with Crippen molar-refractivity contribution in [2.24, 2.45) is 4.99 Å². The fraction of sp³-hybridized carbons (Fsp3) is 0.182. The Kier molecular flexibility index (Phi) is 9.37. The van der Waals surface area contributed by atoms with E-state index in [4.69, 9.17) is 16.2 Å². The van der Waals surface area contributed by atoms with E-state index in [-0.39, 0.29) is 17.4 Å². The van der Waals surface area contributed by atoms with Crippen LogP contribution in [0.15, 0.2) is 39.8 Å². The molecule has 7 rings (SSSR count). The number of hydrogen-bond acceptors (Lipinski definition) is 14. The Hall–Kier alpha value is -6.12. The number of imidazole rings is 3. The minimum Gasteiger partial charge on any atom is -0.479 e. The Morgan fingerprint density at radius 2 is 1.63 bits per heavy atom. The third-order valence-corrected chi connectivity index (χ3v) is 5.29. The van der Waals surface area contributed by atoms with Gasteiger partial charge in [0.1, 0.15) is 11.0 Å². The van der Waals surface area contributed by atoms with Crippen molar-refractivity contribution in [3.8, 4) is 5.88 Å². The molecule has 0 bridgehead atoms. The van der Waals surface area contributed by atoms with Crippen LogP contribution in [0.1, 0.15) is 24.6 Å². The van der Waals surface area contributed by atoms with Crippen LogP contribution in [0.5, 0.6) is 5.88 Å². The number of nitrogens with two attached hydrogens (primary N) is 2. The summed E-state index contributed by atoms with van der Waals surface area (Å²) in [5.41, 5.74) is 11.7. The number of fused-ring (bicyclic) bond motifs is 3. The smallest absolute Gasteiger partial charge is 0.325 e. The highest BCUT2D eigenvalue weighted by Crippen LogP contribution is 2.26. The predicted octanol–water partition coefficient (Wildman–Crippen LogP) is 0.159. The number of ether oxygens (including phenoxy) is 1. The van der Waals surface area contributed by atoms with Crippen LogP contribution in [-0.2, 0) is 0 Å². The lowest BCUT2D eigenvalue weighted by Gasteiger charge is -2.03. The second kappa shape index (κ2) is 13.5.